The predicted molar refractivity (Wildman–Crippen MR) is 68.7 cm³/mol. The van der Waals surface area contributed by atoms with Gasteiger partial charge in [0, 0.05) is 6.07 Å². The van der Waals surface area contributed by atoms with E-state index >= 15 is 0 Å². The summed E-state index contributed by atoms with van der Waals surface area (Å²) in [4.78, 5) is 22.8. The zero-order valence-corrected chi connectivity index (χ0v) is 11.2. The molecule has 0 aliphatic rings. The minimum atomic E-state index is -0.804. The van der Waals surface area contributed by atoms with E-state index in [1.807, 2.05) is 0 Å². The Balaban J connectivity index is 3.13. The van der Waals surface area contributed by atoms with Crippen LogP contribution >= 0.6 is 0 Å². The van der Waals surface area contributed by atoms with Crippen LogP contribution in [0, 0.1) is 5.82 Å². The number of esters is 2. The monoisotopic (exact) mass is 283 g/mol. The largest absolute Gasteiger partial charge is 0.495 e. The smallest absolute Gasteiger partial charge is 0.354 e. The Morgan fingerprint density at radius 3 is 2.45 bits per heavy atom. The fourth-order valence-electron chi connectivity index (χ4n) is 1.36. The molecular formula is C13H14FNO5. The molecule has 7 heteroatoms. The van der Waals surface area contributed by atoms with Crippen molar-refractivity contribution in [2.75, 3.05) is 26.6 Å². The number of hydrogen-bond donors (Lipinski definition) is 1. The molecule has 20 heavy (non-hydrogen) atoms. The predicted octanol–water partition coefficient (Wildman–Crippen LogP) is 1.48. The van der Waals surface area contributed by atoms with Crippen LogP contribution in [0.3, 0.4) is 0 Å². The minimum Gasteiger partial charge on any atom is -0.495 e. The topological polar surface area (TPSA) is 73.9 Å². The van der Waals surface area contributed by atoms with Crippen LogP contribution in [0.25, 0.3) is 0 Å². The van der Waals surface area contributed by atoms with Gasteiger partial charge in [0.1, 0.15) is 17.3 Å². The van der Waals surface area contributed by atoms with Crippen molar-refractivity contribution in [1.29, 1.82) is 0 Å². The Morgan fingerprint density at radius 2 is 1.90 bits per heavy atom. The SMILES string of the molecule is COC(=O)/C=C(/Nc1cc(F)ccc1OC)C(=O)OC. The molecular weight excluding hydrogens is 269 g/mol. The first-order valence-electron chi connectivity index (χ1n) is 5.50. The van der Waals surface area contributed by atoms with E-state index in [2.05, 4.69) is 14.8 Å². The molecule has 0 amide bonds. The third-order valence-corrected chi connectivity index (χ3v) is 2.30. The Hall–Kier alpha value is -2.57. The molecule has 6 nitrogen and oxygen atoms in total. The van der Waals surface area contributed by atoms with E-state index in [4.69, 9.17) is 4.74 Å². The van der Waals surface area contributed by atoms with E-state index in [9.17, 15) is 14.0 Å². The number of carbonyl (C=O) groups excluding carboxylic acids is 2. The lowest BCUT2D eigenvalue weighted by atomic mass is 10.2. The van der Waals surface area contributed by atoms with E-state index in [-0.39, 0.29) is 11.4 Å². The zero-order valence-electron chi connectivity index (χ0n) is 11.2. The van der Waals surface area contributed by atoms with Gasteiger partial charge in [0.15, 0.2) is 0 Å². The molecule has 0 unspecified atom stereocenters. The lowest BCUT2D eigenvalue weighted by Gasteiger charge is -2.12. The standard InChI is InChI=1S/C13H14FNO5/c1-18-11-5-4-8(14)6-9(11)15-10(13(17)20-3)7-12(16)19-2/h4-7,15H,1-3H3/b10-7+. The van der Waals surface area contributed by atoms with E-state index in [0.29, 0.717) is 5.75 Å². The first kappa shape index (κ1) is 15.5. The minimum absolute atomic E-state index is 0.174. The highest BCUT2D eigenvalue weighted by molar-refractivity contribution is 5.99. The van der Waals surface area contributed by atoms with Gasteiger partial charge in [-0.15, -0.1) is 0 Å². The summed E-state index contributed by atoms with van der Waals surface area (Å²) in [6.45, 7) is 0. The second-order valence-electron chi connectivity index (χ2n) is 3.54. The summed E-state index contributed by atoms with van der Waals surface area (Å²) in [5.41, 5.74) is -0.0312. The molecule has 1 rings (SSSR count). The molecule has 0 radical (unpaired) electrons. The Kier molecular flexibility index (Phi) is 5.52. The van der Waals surface area contributed by atoms with E-state index in [1.165, 1.54) is 19.2 Å². The van der Waals surface area contributed by atoms with Crippen molar-refractivity contribution in [2.45, 2.75) is 0 Å². The van der Waals surface area contributed by atoms with Gasteiger partial charge in [0.2, 0.25) is 0 Å². The second-order valence-corrected chi connectivity index (χ2v) is 3.54. The number of nitrogens with one attached hydrogen (secondary N) is 1. The van der Waals surface area contributed by atoms with Gasteiger partial charge in [-0.3, -0.25) is 0 Å². The Morgan fingerprint density at radius 1 is 1.20 bits per heavy atom. The van der Waals surface area contributed by atoms with Gasteiger partial charge in [0.05, 0.1) is 33.1 Å². The summed E-state index contributed by atoms with van der Waals surface area (Å²) in [5, 5.41) is 2.58. The molecule has 0 saturated carbocycles. The number of rotatable bonds is 5. The van der Waals surface area contributed by atoms with Gasteiger partial charge in [-0.25, -0.2) is 14.0 Å². The average Bonchev–Trinajstić information content (AvgIpc) is 2.45. The summed E-state index contributed by atoms with van der Waals surface area (Å²) in [6, 6.07) is 3.70. The third-order valence-electron chi connectivity index (χ3n) is 2.30. The van der Waals surface area contributed by atoms with Gasteiger partial charge in [-0.05, 0) is 12.1 Å². The number of ether oxygens (including phenoxy) is 3. The van der Waals surface area contributed by atoms with E-state index < -0.39 is 17.8 Å². The number of methoxy groups -OCH3 is 3. The van der Waals surface area contributed by atoms with Crippen molar-refractivity contribution < 1.29 is 28.2 Å². The lowest BCUT2D eigenvalue weighted by Crippen LogP contribution is -2.16. The first-order valence-corrected chi connectivity index (χ1v) is 5.50. The van der Waals surface area contributed by atoms with Crippen molar-refractivity contribution in [3.8, 4) is 5.75 Å². The molecule has 0 atom stereocenters. The van der Waals surface area contributed by atoms with Crippen molar-refractivity contribution in [3.05, 3.63) is 35.8 Å². The normalized spacial score (nSPS) is 10.7. The van der Waals surface area contributed by atoms with Crippen LogP contribution in [0.2, 0.25) is 0 Å². The molecule has 1 N–H and O–H groups in total. The maximum absolute atomic E-state index is 13.2. The molecule has 0 bridgehead atoms. The van der Waals surface area contributed by atoms with Crippen molar-refractivity contribution in [3.63, 3.8) is 0 Å². The molecule has 1 aromatic rings. The van der Waals surface area contributed by atoms with Gasteiger partial charge < -0.3 is 19.5 Å². The maximum atomic E-state index is 13.2. The highest BCUT2D eigenvalue weighted by atomic mass is 19.1. The van der Waals surface area contributed by atoms with Crippen LogP contribution < -0.4 is 10.1 Å². The van der Waals surface area contributed by atoms with Crippen LogP contribution in [0.15, 0.2) is 30.0 Å². The number of hydrogen-bond acceptors (Lipinski definition) is 6. The lowest BCUT2D eigenvalue weighted by molar-refractivity contribution is -0.138. The molecule has 108 valence electrons. The first-order chi connectivity index (χ1) is 9.51. The van der Waals surface area contributed by atoms with E-state index in [0.717, 1.165) is 26.4 Å². The molecule has 0 aliphatic carbocycles. The maximum Gasteiger partial charge on any atom is 0.354 e. The molecule has 0 spiro atoms. The molecule has 1 aromatic carbocycles. The number of anilines is 1. The number of halogens is 1. The van der Waals surface area contributed by atoms with Crippen LogP contribution in [0.4, 0.5) is 10.1 Å². The quantitative estimate of drug-likeness (QED) is 0.651. The summed E-state index contributed by atoms with van der Waals surface area (Å²) in [5.74, 6) is -1.79. The summed E-state index contributed by atoms with van der Waals surface area (Å²) in [6.07, 6.45) is 0.899. The second kappa shape index (κ2) is 7.13. The molecule has 0 saturated heterocycles. The summed E-state index contributed by atoms with van der Waals surface area (Å²) in [7, 11) is 3.70. The van der Waals surface area contributed by atoms with E-state index in [1.54, 1.807) is 0 Å². The third kappa shape index (κ3) is 3.98. The number of carbonyl (C=O) groups is 2. The van der Waals surface area contributed by atoms with Gasteiger partial charge >= 0.3 is 11.9 Å². The summed E-state index contributed by atoms with van der Waals surface area (Å²) < 4.78 is 27.2. The average molecular weight is 283 g/mol. The van der Waals surface area contributed by atoms with Crippen LogP contribution in [-0.4, -0.2) is 33.3 Å². The highest BCUT2D eigenvalue weighted by Crippen LogP contribution is 2.26. The van der Waals surface area contributed by atoms with Crippen molar-refractivity contribution in [2.24, 2.45) is 0 Å². The van der Waals surface area contributed by atoms with Crippen LogP contribution in [0.5, 0.6) is 5.75 Å². The summed E-state index contributed by atoms with van der Waals surface area (Å²) >= 11 is 0. The molecule has 0 aliphatic heterocycles. The van der Waals surface area contributed by atoms with Gasteiger partial charge in [-0.1, -0.05) is 0 Å². The fourth-order valence-corrected chi connectivity index (χ4v) is 1.36. The molecule has 0 heterocycles. The Labute approximate surface area is 115 Å². The van der Waals surface area contributed by atoms with Gasteiger partial charge in [0.25, 0.3) is 0 Å². The van der Waals surface area contributed by atoms with Crippen molar-refractivity contribution >= 4 is 17.6 Å². The zero-order chi connectivity index (χ0) is 15.1. The van der Waals surface area contributed by atoms with Gasteiger partial charge in [-0.2, -0.15) is 0 Å². The fraction of sp³-hybridized carbons (Fsp3) is 0.231. The Bertz CT molecular complexity index is 542. The molecule has 0 aromatic heterocycles. The van der Waals surface area contributed by atoms with Crippen molar-refractivity contribution in [1.82, 2.24) is 0 Å². The molecule has 0 fully saturated rings. The van der Waals surface area contributed by atoms with Crippen LogP contribution in [-0.2, 0) is 19.1 Å². The highest BCUT2D eigenvalue weighted by Gasteiger charge is 2.15. The number of benzene rings is 1. The van der Waals surface area contributed by atoms with Crippen LogP contribution in [0.1, 0.15) is 0 Å².